The summed E-state index contributed by atoms with van der Waals surface area (Å²) in [5, 5.41) is 0. The van der Waals surface area contributed by atoms with Gasteiger partial charge in [0.15, 0.2) is 23.0 Å². The normalized spacial score (nSPS) is 10.9. The average Bonchev–Trinajstić information content (AvgIpc) is 2.84. The summed E-state index contributed by atoms with van der Waals surface area (Å²) >= 11 is 0. The number of phosphoric ester groups is 1. The highest BCUT2D eigenvalue weighted by Gasteiger charge is 2.28. The Hall–Kier alpha value is -3.73. The van der Waals surface area contributed by atoms with Crippen LogP contribution in [0.3, 0.4) is 0 Å². The number of benzene rings is 4. The maximum atomic E-state index is 12.8. The van der Waals surface area contributed by atoms with Crippen molar-refractivity contribution in [3.8, 4) is 23.0 Å². The summed E-state index contributed by atoms with van der Waals surface area (Å²) in [6.45, 7) is 0.571. The third-order valence-corrected chi connectivity index (χ3v) is 5.45. The lowest BCUT2D eigenvalue weighted by atomic mass is 10.2. The van der Waals surface area contributed by atoms with Crippen molar-refractivity contribution >= 4 is 7.82 Å². The van der Waals surface area contributed by atoms with Gasteiger partial charge in [-0.05, 0) is 35.4 Å². The van der Waals surface area contributed by atoms with E-state index in [0.29, 0.717) is 11.5 Å². The van der Waals surface area contributed by atoms with Gasteiger partial charge in [0.05, 0.1) is 0 Å². The number of para-hydroxylation sites is 4. The Balaban J connectivity index is 1.44. The molecule has 0 aliphatic carbocycles. The fourth-order valence-corrected chi connectivity index (χ4v) is 3.86. The number of rotatable bonds is 10. The zero-order valence-corrected chi connectivity index (χ0v) is 18.6. The van der Waals surface area contributed by atoms with Crippen LogP contribution >= 0.6 is 7.82 Å². The molecule has 0 aliphatic heterocycles. The number of hydrogen-bond acceptors (Lipinski definition) is 5. The predicted octanol–water partition coefficient (Wildman–Crippen LogP) is 6.40. The molecular weight excluding hydrogens is 439 g/mol. The van der Waals surface area contributed by atoms with Crippen molar-refractivity contribution in [2.24, 2.45) is 0 Å². The molecule has 0 saturated carbocycles. The van der Waals surface area contributed by atoms with Gasteiger partial charge in [0.25, 0.3) is 0 Å². The Morgan fingerprint density at radius 3 is 1.24 bits per heavy atom. The monoisotopic (exact) mass is 462 g/mol. The molecule has 0 aromatic heterocycles. The van der Waals surface area contributed by atoms with Crippen molar-refractivity contribution in [2.75, 3.05) is 0 Å². The summed E-state index contributed by atoms with van der Waals surface area (Å²) in [6, 6.07) is 32.5. The molecule has 0 aliphatic rings. The van der Waals surface area contributed by atoms with Gasteiger partial charge in [0, 0.05) is 0 Å². The molecule has 0 spiro atoms. The number of ether oxygens (including phenoxy) is 2. The van der Waals surface area contributed by atoms with E-state index in [0.717, 1.165) is 11.1 Å². The van der Waals surface area contributed by atoms with E-state index in [2.05, 4.69) is 0 Å². The first kappa shape index (κ1) is 22.5. The van der Waals surface area contributed by atoms with Gasteiger partial charge in [-0.15, -0.1) is 0 Å². The summed E-state index contributed by atoms with van der Waals surface area (Å²) in [6.07, 6.45) is 0. The lowest BCUT2D eigenvalue weighted by Crippen LogP contribution is -2.04. The van der Waals surface area contributed by atoms with Gasteiger partial charge in [-0.1, -0.05) is 84.9 Å². The molecule has 0 unspecified atom stereocenters. The van der Waals surface area contributed by atoms with Crippen LogP contribution in [-0.4, -0.2) is 4.89 Å². The largest absolute Gasteiger partial charge is 0.585 e. The molecular formula is C26H23O6P. The van der Waals surface area contributed by atoms with E-state index in [1.807, 2.05) is 60.7 Å². The molecule has 1 N–H and O–H groups in total. The molecule has 0 heterocycles. The minimum absolute atomic E-state index is 0.0990. The summed E-state index contributed by atoms with van der Waals surface area (Å²) in [4.78, 5) is 10.4. The Kier molecular flexibility index (Phi) is 7.30. The van der Waals surface area contributed by atoms with E-state index in [-0.39, 0.29) is 24.7 Å². The van der Waals surface area contributed by atoms with E-state index in [9.17, 15) is 9.46 Å². The minimum Gasteiger partial charge on any atom is -0.485 e. The maximum absolute atomic E-state index is 12.8. The molecule has 0 saturated heterocycles. The van der Waals surface area contributed by atoms with E-state index in [4.69, 9.17) is 18.5 Å². The van der Waals surface area contributed by atoms with Crippen molar-refractivity contribution in [1.29, 1.82) is 0 Å². The smallest absolute Gasteiger partial charge is 0.485 e. The van der Waals surface area contributed by atoms with Crippen LogP contribution in [0.2, 0.25) is 0 Å². The molecule has 4 aromatic rings. The second kappa shape index (κ2) is 10.7. The molecule has 168 valence electrons. The Labute approximate surface area is 192 Å². The summed E-state index contributed by atoms with van der Waals surface area (Å²) < 4.78 is 35.1. The number of phosphoric acid groups is 1. The van der Waals surface area contributed by atoms with Crippen molar-refractivity contribution in [3.05, 3.63) is 120 Å². The molecule has 0 radical (unpaired) electrons. The van der Waals surface area contributed by atoms with Crippen LogP contribution in [0.5, 0.6) is 23.0 Å². The van der Waals surface area contributed by atoms with Gasteiger partial charge in [-0.2, -0.15) is 0 Å². The van der Waals surface area contributed by atoms with Crippen LogP contribution in [0.4, 0.5) is 0 Å². The molecule has 0 bridgehead atoms. The zero-order chi connectivity index (χ0) is 22.9. The molecule has 4 rings (SSSR count). The van der Waals surface area contributed by atoms with E-state index >= 15 is 0 Å². The topological polar surface area (TPSA) is 74.2 Å². The summed E-state index contributed by atoms with van der Waals surface area (Å²) in [5.74, 6) is 0.851. The zero-order valence-electron chi connectivity index (χ0n) is 17.7. The standard InChI is InChI=1S/C26H23O6P/c27-33(28,31-25-17-9-7-15-23(25)29-19-21-11-3-1-4-12-21)32-26-18-10-8-16-24(26)30-20-22-13-5-2-6-14-22/h1-18H,19-20H2,(H,27,28). The highest BCUT2D eigenvalue weighted by Crippen LogP contribution is 2.49. The first-order valence-corrected chi connectivity index (χ1v) is 11.8. The molecule has 6 nitrogen and oxygen atoms in total. The van der Waals surface area contributed by atoms with Gasteiger partial charge >= 0.3 is 7.82 Å². The third-order valence-electron chi connectivity index (χ3n) is 4.60. The average molecular weight is 462 g/mol. The Bertz CT molecular complexity index is 1120. The van der Waals surface area contributed by atoms with Crippen LogP contribution in [0.15, 0.2) is 109 Å². The van der Waals surface area contributed by atoms with Gasteiger partial charge in [-0.25, -0.2) is 4.57 Å². The lowest BCUT2D eigenvalue weighted by Gasteiger charge is -2.18. The van der Waals surface area contributed by atoms with Crippen molar-refractivity contribution in [3.63, 3.8) is 0 Å². The first-order chi connectivity index (χ1) is 16.1. The van der Waals surface area contributed by atoms with Crippen LogP contribution < -0.4 is 18.5 Å². The second-order valence-corrected chi connectivity index (χ2v) is 8.40. The molecule has 7 heteroatoms. The maximum Gasteiger partial charge on any atom is 0.585 e. The van der Waals surface area contributed by atoms with Crippen molar-refractivity contribution < 1.29 is 28.0 Å². The fraction of sp³-hybridized carbons (Fsp3) is 0.0769. The van der Waals surface area contributed by atoms with Gasteiger partial charge in [-0.3, -0.25) is 4.89 Å². The quantitative estimate of drug-likeness (QED) is 0.275. The number of hydrogen-bond donors (Lipinski definition) is 1. The molecule has 0 amide bonds. The molecule has 4 aromatic carbocycles. The van der Waals surface area contributed by atoms with Gasteiger partial charge in [0.1, 0.15) is 13.2 Å². The minimum atomic E-state index is -4.54. The van der Waals surface area contributed by atoms with Gasteiger partial charge < -0.3 is 18.5 Å². The van der Waals surface area contributed by atoms with Crippen LogP contribution in [0.1, 0.15) is 11.1 Å². The second-order valence-electron chi connectivity index (χ2n) is 7.09. The Morgan fingerprint density at radius 2 is 0.848 bits per heavy atom. The summed E-state index contributed by atoms with van der Waals surface area (Å²) in [5.41, 5.74) is 1.92. The highest BCUT2D eigenvalue weighted by molar-refractivity contribution is 7.48. The third kappa shape index (κ3) is 6.62. The molecule has 0 atom stereocenters. The fourth-order valence-electron chi connectivity index (χ4n) is 3.03. The van der Waals surface area contributed by atoms with Gasteiger partial charge in [0.2, 0.25) is 0 Å². The first-order valence-electron chi connectivity index (χ1n) is 10.3. The SMILES string of the molecule is O=P(O)(Oc1ccccc1OCc1ccccc1)Oc1ccccc1OCc1ccccc1. The van der Waals surface area contributed by atoms with E-state index in [1.54, 1.807) is 48.5 Å². The van der Waals surface area contributed by atoms with Crippen molar-refractivity contribution in [2.45, 2.75) is 13.2 Å². The van der Waals surface area contributed by atoms with Crippen molar-refractivity contribution in [1.82, 2.24) is 0 Å². The van der Waals surface area contributed by atoms with Crippen LogP contribution in [-0.2, 0) is 17.8 Å². The van der Waals surface area contributed by atoms with E-state index < -0.39 is 7.82 Å². The lowest BCUT2D eigenvalue weighted by molar-refractivity contribution is 0.256. The van der Waals surface area contributed by atoms with Crippen LogP contribution in [0.25, 0.3) is 0 Å². The molecule has 0 fully saturated rings. The van der Waals surface area contributed by atoms with E-state index in [1.165, 1.54) is 0 Å². The Morgan fingerprint density at radius 1 is 0.515 bits per heavy atom. The highest BCUT2D eigenvalue weighted by atomic mass is 31.2. The van der Waals surface area contributed by atoms with Crippen LogP contribution in [0, 0.1) is 0 Å². The summed E-state index contributed by atoms with van der Waals surface area (Å²) in [7, 11) is -4.54. The predicted molar refractivity (Wildman–Crippen MR) is 126 cm³/mol. The molecule has 33 heavy (non-hydrogen) atoms.